The zero-order valence-electron chi connectivity index (χ0n) is 9.66. The van der Waals surface area contributed by atoms with Crippen LogP contribution in [0.25, 0.3) is 0 Å². The van der Waals surface area contributed by atoms with E-state index in [1.54, 1.807) is 7.05 Å². The summed E-state index contributed by atoms with van der Waals surface area (Å²) in [5.74, 6) is -1.06. The minimum atomic E-state index is -0.529. The van der Waals surface area contributed by atoms with Crippen LogP contribution in [-0.2, 0) is 9.59 Å². The zero-order valence-corrected chi connectivity index (χ0v) is 10.4. The van der Waals surface area contributed by atoms with Crippen molar-refractivity contribution in [3.63, 3.8) is 0 Å². The number of amides is 4. The molecule has 7 heteroatoms. The molecule has 17 heavy (non-hydrogen) atoms. The lowest BCUT2D eigenvalue weighted by Gasteiger charge is -2.31. The van der Waals surface area contributed by atoms with E-state index in [0.29, 0.717) is 13.1 Å². The zero-order chi connectivity index (χ0) is 12.8. The maximum absolute atomic E-state index is 11.6. The number of halogens is 1. The number of hydrogen-bond donors (Lipinski definition) is 2. The molecular weight excluding hydrogens is 246 g/mol. The van der Waals surface area contributed by atoms with Crippen molar-refractivity contribution in [2.45, 2.75) is 12.8 Å². The van der Waals surface area contributed by atoms with Crippen molar-refractivity contribution in [1.29, 1.82) is 0 Å². The van der Waals surface area contributed by atoms with Crippen LogP contribution >= 0.6 is 11.6 Å². The summed E-state index contributed by atoms with van der Waals surface area (Å²) in [4.78, 5) is 35.5. The normalized spacial score (nSPS) is 19.6. The van der Waals surface area contributed by atoms with Gasteiger partial charge in [0.2, 0.25) is 11.8 Å². The first-order valence-corrected chi connectivity index (χ1v) is 5.98. The van der Waals surface area contributed by atoms with Crippen LogP contribution in [-0.4, -0.2) is 48.8 Å². The first kappa shape index (κ1) is 13.8. The number of likely N-dealkylation sites (tertiary alicyclic amines) is 1. The highest BCUT2D eigenvalue weighted by atomic mass is 35.5. The molecule has 0 aromatic carbocycles. The highest BCUT2D eigenvalue weighted by Crippen LogP contribution is 2.16. The number of urea groups is 1. The number of nitrogens with one attached hydrogen (secondary N) is 2. The lowest BCUT2D eigenvalue weighted by molar-refractivity contribution is -0.125. The fraction of sp³-hybridized carbons (Fsp3) is 0.700. The van der Waals surface area contributed by atoms with E-state index >= 15 is 0 Å². The Hall–Kier alpha value is -1.30. The largest absolute Gasteiger partial charge is 0.359 e. The molecule has 0 aromatic rings. The smallest absolute Gasteiger partial charge is 0.324 e. The van der Waals surface area contributed by atoms with E-state index in [9.17, 15) is 14.4 Å². The van der Waals surface area contributed by atoms with Gasteiger partial charge in [-0.25, -0.2) is 4.79 Å². The van der Waals surface area contributed by atoms with Gasteiger partial charge in [-0.15, -0.1) is 11.6 Å². The van der Waals surface area contributed by atoms with Crippen molar-refractivity contribution in [2.75, 3.05) is 26.0 Å². The molecule has 1 heterocycles. The molecule has 0 radical (unpaired) electrons. The fourth-order valence-corrected chi connectivity index (χ4v) is 1.88. The molecule has 2 N–H and O–H groups in total. The van der Waals surface area contributed by atoms with Crippen molar-refractivity contribution in [3.8, 4) is 0 Å². The molecule has 1 rings (SSSR count). The van der Waals surface area contributed by atoms with Crippen LogP contribution < -0.4 is 10.6 Å². The van der Waals surface area contributed by atoms with E-state index in [1.807, 2.05) is 0 Å². The van der Waals surface area contributed by atoms with Gasteiger partial charge in [0, 0.05) is 20.1 Å². The second kappa shape index (κ2) is 6.44. The predicted octanol–water partition coefficient (Wildman–Crippen LogP) is -0.0806. The lowest BCUT2D eigenvalue weighted by Crippen LogP contribution is -2.50. The van der Waals surface area contributed by atoms with E-state index in [0.717, 1.165) is 12.8 Å². The third kappa shape index (κ3) is 3.89. The Morgan fingerprint density at radius 1 is 1.41 bits per heavy atom. The summed E-state index contributed by atoms with van der Waals surface area (Å²) < 4.78 is 0. The summed E-state index contributed by atoms with van der Waals surface area (Å²) >= 11 is 5.29. The fourth-order valence-electron chi connectivity index (χ4n) is 1.81. The van der Waals surface area contributed by atoms with Crippen LogP contribution in [0.15, 0.2) is 0 Å². The maximum Gasteiger partial charge on any atom is 0.324 e. The summed E-state index contributed by atoms with van der Waals surface area (Å²) in [6, 6.07) is -0.482. The van der Waals surface area contributed by atoms with Crippen LogP contribution in [0.2, 0.25) is 0 Å². The van der Waals surface area contributed by atoms with Crippen molar-refractivity contribution < 1.29 is 14.4 Å². The minimum Gasteiger partial charge on any atom is -0.359 e. The number of carbonyl (C=O) groups excluding carboxylic acids is 3. The first-order chi connectivity index (χ1) is 8.08. The van der Waals surface area contributed by atoms with Gasteiger partial charge in [-0.1, -0.05) is 0 Å². The molecule has 1 atom stereocenters. The molecule has 1 saturated heterocycles. The molecule has 4 amide bonds. The van der Waals surface area contributed by atoms with Gasteiger partial charge >= 0.3 is 6.03 Å². The van der Waals surface area contributed by atoms with Gasteiger partial charge in [-0.3, -0.25) is 14.9 Å². The molecule has 96 valence electrons. The molecule has 1 aliphatic heterocycles. The number of carbonyl (C=O) groups is 3. The molecule has 1 aliphatic rings. The lowest BCUT2D eigenvalue weighted by atomic mass is 9.97. The highest BCUT2D eigenvalue weighted by molar-refractivity contribution is 6.28. The van der Waals surface area contributed by atoms with E-state index in [4.69, 9.17) is 11.6 Å². The Kier molecular flexibility index (Phi) is 5.21. The molecule has 0 aliphatic carbocycles. The maximum atomic E-state index is 11.6. The highest BCUT2D eigenvalue weighted by Gasteiger charge is 2.28. The van der Waals surface area contributed by atoms with Crippen LogP contribution in [0.4, 0.5) is 4.79 Å². The van der Waals surface area contributed by atoms with Crippen LogP contribution in [0.3, 0.4) is 0 Å². The Morgan fingerprint density at radius 3 is 2.71 bits per heavy atom. The van der Waals surface area contributed by atoms with E-state index in [-0.39, 0.29) is 17.7 Å². The quantitative estimate of drug-likeness (QED) is 0.683. The summed E-state index contributed by atoms with van der Waals surface area (Å²) in [7, 11) is 1.57. The van der Waals surface area contributed by atoms with Gasteiger partial charge in [-0.05, 0) is 12.8 Å². The number of rotatable bonds is 2. The third-order valence-electron chi connectivity index (χ3n) is 2.69. The van der Waals surface area contributed by atoms with Crippen molar-refractivity contribution in [2.24, 2.45) is 5.92 Å². The second-order valence-corrected chi connectivity index (χ2v) is 4.15. The van der Waals surface area contributed by atoms with Crippen molar-refractivity contribution in [3.05, 3.63) is 0 Å². The van der Waals surface area contributed by atoms with Gasteiger partial charge in [0.25, 0.3) is 0 Å². The Balaban J connectivity index is 2.51. The van der Waals surface area contributed by atoms with E-state index < -0.39 is 11.9 Å². The summed E-state index contributed by atoms with van der Waals surface area (Å²) in [5.41, 5.74) is 0. The summed E-state index contributed by atoms with van der Waals surface area (Å²) in [5, 5.41) is 4.72. The molecular formula is C10H16ClN3O3. The van der Waals surface area contributed by atoms with Crippen LogP contribution in [0.1, 0.15) is 12.8 Å². The molecule has 6 nitrogen and oxygen atoms in total. The SMILES string of the molecule is CNC(=O)C1CCCN(C(=O)NC(=O)CCl)C1. The molecule has 0 saturated carbocycles. The Morgan fingerprint density at radius 2 is 2.12 bits per heavy atom. The molecule has 1 fully saturated rings. The number of alkyl halides is 1. The molecule has 0 spiro atoms. The number of nitrogens with zero attached hydrogens (tertiary/aromatic N) is 1. The predicted molar refractivity (Wildman–Crippen MR) is 62.6 cm³/mol. The third-order valence-corrected chi connectivity index (χ3v) is 2.94. The van der Waals surface area contributed by atoms with Gasteiger partial charge in [0.15, 0.2) is 0 Å². The monoisotopic (exact) mass is 261 g/mol. The Labute approximate surface area is 105 Å². The summed E-state index contributed by atoms with van der Waals surface area (Å²) in [6.07, 6.45) is 1.51. The van der Waals surface area contributed by atoms with E-state index in [1.165, 1.54) is 4.90 Å². The first-order valence-electron chi connectivity index (χ1n) is 5.44. The molecule has 0 bridgehead atoms. The average molecular weight is 262 g/mol. The van der Waals surface area contributed by atoms with Gasteiger partial charge in [0.1, 0.15) is 5.88 Å². The van der Waals surface area contributed by atoms with Gasteiger partial charge < -0.3 is 10.2 Å². The Bertz CT molecular complexity index is 322. The van der Waals surface area contributed by atoms with Gasteiger partial charge in [-0.2, -0.15) is 0 Å². The van der Waals surface area contributed by atoms with Crippen LogP contribution in [0, 0.1) is 5.92 Å². The number of imide groups is 1. The molecule has 1 unspecified atom stereocenters. The topological polar surface area (TPSA) is 78.5 Å². The molecule has 0 aromatic heterocycles. The van der Waals surface area contributed by atoms with Crippen molar-refractivity contribution in [1.82, 2.24) is 15.5 Å². The summed E-state index contributed by atoms with van der Waals surface area (Å²) in [6.45, 7) is 0.885. The number of piperidine rings is 1. The average Bonchev–Trinajstić information content (AvgIpc) is 2.37. The standard InChI is InChI=1S/C10H16ClN3O3/c1-12-9(16)7-3-2-4-14(6-7)10(17)13-8(15)5-11/h7H,2-6H2,1H3,(H,12,16)(H,13,15,17). The van der Waals surface area contributed by atoms with E-state index in [2.05, 4.69) is 10.6 Å². The minimum absolute atomic E-state index is 0.0776. The number of hydrogen-bond acceptors (Lipinski definition) is 3. The van der Waals surface area contributed by atoms with Crippen molar-refractivity contribution >= 4 is 29.4 Å². The van der Waals surface area contributed by atoms with Gasteiger partial charge in [0.05, 0.1) is 5.92 Å². The second-order valence-electron chi connectivity index (χ2n) is 3.89. The van der Waals surface area contributed by atoms with Crippen LogP contribution in [0.5, 0.6) is 0 Å².